The zero-order valence-corrected chi connectivity index (χ0v) is 101. The van der Waals surface area contributed by atoms with Crippen LogP contribution in [0.1, 0.15) is 303 Å². The van der Waals surface area contributed by atoms with Gasteiger partial charge in [0.1, 0.15) is 0 Å². The van der Waals surface area contributed by atoms with Gasteiger partial charge in [0.25, 0.3) is 0 Å². The molecule has 0 aromatic heterocycles. The maximum Gasteiger partial charge on any atom is 0.306 e. The van der Waals surface area contributed by atoms with Crippen molar-refractivity contribution in [3.05, 3.63) is 0 Å². The van der Waals surface area contributed by atoms with Gasteiger partial charge in [-0.2, -0.15) is 0 Å². The highest BCUT2D eigenvalue weighted by Crippen LogP contribution is 2.71. The molecule has 0 fully saturated rings. The van der Waals surface area contributed by atoms with Crippen LogP contribution in [0.15, 0.2) is 0 Å². The SMILES string of the molecule is CCCCC(CC)COP(=S)(OCC(CC)CCCC)SCC(C)OP(=S)(OC(C)CSP(=S)(OCC(CC)CCCC)OCC(CC)CCCC)SCC(C)OP(=S)(OC(C)C)SCCC(=O)OCC.COC(=O)CCSP(=S)(OC(C)C)OC(C)CSP(=S)(OC(C)CSP(=S)(OCC(C)C)OCC(C)C)OC(C)CSP(=S)(OCC(C)C)OCC(C)C. The van der Waals surface area contributed by atoms with E-state index in [0.29, 0.717) is 153 Å². The van der Waals surface area contributed by atoms with E-state index in [4.69, 9.17) is 176 Å². The molecular weight excluding hydrogens is 2050 g/mol. The third-order valence-electron chi connectivity index (χ3n) is 17.3. The minimum atomic E-state index is -3.07. The summed E-state index contributed by atoms with van der Waals surface area (Å²) >= 11 is 61.0. The first kappa shape index (κ1) is 133. The molecular formula is C81H170O20P8S16. The second kappa shape index (κ2) is 76.0. The van der Waals surface area contributed by atoms with E-state index in [9.17, 15) is 9.59 Å². The normalized spacial score (nSPS) is 17.9. The third kappa shape index (κ3) is 71.4. The molecule has 0 heterocycles. The van der Waals surface area contributed by atoms with Crippen LogP contribution in [-0.2, 0) is 186 Å². The van der Waals surface area contributed by atoms with Crippen molar-refractivity contribution in [2.75, 3.05) is 113 Å². The van der Waals surface area contributed by atoms with E-state index < -0.39 is 45.5 Å². The van der Waals surface area contributed by atoms with Gasteiger partial charge in [-0.15, -0.1) is 0 Å². The Morgan fingerprint density at radius 3 is 0.656 bits per heavy atom. The van der Waals surface area contributed by atoms with Crippen LogP contribution < -0.4 is 0 Å². The average molecular weight is 2230 g/mol. The Hall–Kier alpha value is 6.30. The lowest BCUT2D eigenvalue weighted by atomic mass is 10.0. The molecule has 0 aliphatic heterocycles. The summed E-state index contributed by atoms with van der Waals surface area (Å²) in [6.07, 6.45) is 16.0. The molecule has 0 aliphatic carbocycles. The van der Waals surface area contributed by atoms with Gasteiger partial charge in [0, 0.05) is 46.0 Å². The lowest BCUT2D eigenvalue weighted by molar-refractivity contribution is -0.142. The quantitative estimate of drug-likeness (QED) is 0.0411. The summed E-state index contributed by atoms with van der Waals surface area (Å²) in [5.41, 5.74) is -22.4. The molecule has 0 radical (unpaired) electrons. The highest BCUT2D eigenvalue weighted by Gasteiger charge is 2.37. The molecule has 0 saturated heterocycles. The molecule has 20 nitrogen and oxygen atoms in total. The van der Waals surface area contributed by atoms with Crippen molar-refractivity contribution in [1.29, 1.82) is 0 Å². The number of ether oxygens (including phenoxy) is 2. The molecule has 0 aromatic carbocycles. The maximum atomic E-state index is 12.2. The standard InChI is InChI=1S/C49H102O10P4S8.C32H68O10P4S8/c1-15-24-28-45(19-5)34-52-60(64,53-35-46(20-6)29-25-16-2)69-38-42(12)58-63(67,71-40-44(14)57-62(66,56-41(10)11)68-33-32-49(50)51-23-9)59-43(13)39-70-61(65,54-36-47(21-7)30-26-17-3)55-37-48(22-8)31-27-18-4;1-24(2)17-35-43(47,36-18-25(3)4)52-21-29(11)41-46(50,42-30(12)22-53-44(48,37-19-26(5)6)38-20-27(7)8)54-23-31(13)40-45(49,39-28(9)10)51-16-15-32(33)34-14/h41-48H,15-40H2,1-14H3;24-31H,15-23H2,1-14H3. The van der Waals surface area contributed by atoms with Crippen molar-refractivity contribution < 1.29 is 91.4 Å². The van der Waals surface area contributed by atoms with Crippen LogP contribution in [0.2, 0.25) is 0 Å². The van der Waals surface area contributed by atoms with E-state index >= 15 is 0 Å². The van der Waals surface area contributed by atoms with Crippen LogP contribution in [0.5, 0.6) is 0 Å². The number of hydrogen-bond acceptors (Lipinski definition) is 36. The molecule has 0 amide bonds. The fourth-order valence-corrected chi connectivity index (χ4v) is 50.8. The average Bonchev–Trinajstić information content (AvgIpc) is 0.845. The smallest absolute Gasteiger partial charge is 0.306 e. The maximum absolute atomic E-state index is 12.2. The van der Waals surface area contributed by atoms with Gasteiger partial charge in [0.2, 0.25) is 45.5 Å². The number of carbonyl (C=O) groups is 2. The molecule has 0 bridgehead atoms. The molecule has 0 aromatic rings. The van der Waals surface area contributed by atoms with Crippen LogP contribution in [0, 0.1) is 47.3 Å². The molecule has 0 rings (SSSR count). The third-order valence-corrected chi connectivity index (χ3v) is 61.2. The van der Waals surface area contributed by atoms with Gasteiger partial charge >= 0.3 is 11.9 Å². The first-order valence-electron chi connectivity index (χ1n) is 45.3. The van der Waals surface area contributed by atoms with E-state index in [1.165, 1.54) is 101 Å². The highest BCUT2D eigenvalue weighted by molar-refractivity contribution is 8.71. The predicted molar refractivity (Wildman–Crippen MR) is 588 cm³/mol. The van der Waals surface area contributed by atoms with Crippen LogP contribution >= 0.6 is 137 Å². The van der Waals surface area contributed by atoms with E-state index in [0.717, 1.165) is 77.0 Å². The Bertz CT molecular complexity index is 2980. The van der Waals surface area contributed by atoms with Crippen molar-refractivity contribution >= 4 is 243 Å². The molecule has 750 valence electrons. The summed E-state index contributed by atoms with van der Waals surface area (Å²) < 4.78 is 114. The van der Waals surface area contributed by atoms with Crippen molar-refractivity contribution in [2.45, 2.75) is 351 Å². The number of unbranched alkanes of at least 4 members (excludes halogenated alkanes) is 4. The van der Waals surface area contributed by atoms with Gasteiger partial charge < -0.3 is 81.9 Å². The Morgan fingerprint density at radius 2 is 0.472 bits per heavy atom. The largest absolute Gasteiger partial charge is 0.469 e. The summed E-state index contributed by atoms with van der Waals surface area (Å²) in [5, 5.41) is 0. The predicted octanol–water partition coefficient (Wildman–Crippen LogP) is 32.1. The Kier molecular flexibility index (Phi) is 81.1. The van der Waals surface area contributed by atoms with Gasteiger partial charge in [0.05, 0.1) is 128 Å². The summed E-state index contributed by atoms with van der Waals surface area (Å²) in [5.74, 6) is 6.27. The molecule has 44 heteroatoms. The number of methoxy groups -OCH3 is 1. The molecule has 12 unspecified atom stereocenters. The minimum Gasteiger partial charge on any atom is -0.469 e. The van der Waals surface area contributed by atoms with Crippen molar-refractivity contribution in [3.8, 4) is 0 Å². The zero-order valence-electron chi connectivity index (χ0n) is 81.3. The monoisotopic (exact) mass is 2220 g/mol. The Balaban J connectivity index is 0. The van der Waals surface area contributed by atoms with Crippen LogP contribution in [0.3, 0.4) is 0 Å². The van der Waals surface area contributed by atoms with Crippen LogP contribution in [0.4, 0.5) is 0 Å². The first-order valence-corrected chi connectivity index (χ1v) is 79.1. The number of esters is 2. The molecule has 0 N–H and O–H groups in total. The molecule has 12 atom stereocenters. The molecule has 125 heavy (non-hydrogen) atoms. The topological polar surface area (TPSA) is 200 Å². The lowest BCUT2D eigenvalue weighted by Gasteiger charge is -2.32. The fraction of sp³-hybridized carbons (Fsp3) is 0.975. The molecule has 0 saturated carbocycles. The van der Waals surface area contributed by atoms with E-state index in [-0.39, 0.29) is 73.6 Å². The fourth-order valence-electron chi connectivity index (χ4n) is 10.1. The Labute approximate surface area is 837 Å². The van der Waals surface area contributed by atoms with E-state index in [2.05, 4.69) is 111 Å². The van der Waals surface area contributed by atoms with Crippen molar-refractivity contribution in [2.24, 2.45) is 47.3 Å². The van der Waals surface area contributed by atoms with Crippen LogP contribution in [0.25, 0.3) is 0 Å². The summed E-state index contributed by atoms with van der Waals surface area (Å²) in [6.45, 7) is 60.7. The zero-order chi connectivity index (χ0) is 95.5. The lowest BCUT2D eigenvalue weighted by Crippen LogP contribution is -2.17. The molecule has 0 spiro atoms. The number of hydrogen-bond donors (Lipinski definition) is 0. The van der Waals surface area contributed by atoms with E-state index in [1.54, 1.807) is 29.7 Å². The van der Waals surface area contributed by atoms with Gasteiger partial charge in [-0.25, -0.2) is 0 Å². The van der Waals surface area contributed by atoms with Gasteiger partial charge in [0.15, 0.2) is 0 Å². The summed E-state index contributed by atoms with van der Waals surface area (Å²) in [6, 6.07) is 0. The van der Waals surface area contributed by atoms with Crippen LogP contribution in [-0.4, -0.2) is 173 Å². The van der Waals surface area contributed by atoms with Gasteiger partial charge in [-0.05, 0) is 244 Å². The Morgan fingerprint density at radius 1 is 0.272 bits per heavy atom. The van der Waals surface area contributed by atoms with Crippen molar-refractivity contribution in [3.63, 3.8) is 0 Å². The molecule has 0 aliphatic rings. The minimum absolute atomic E-state index is 0.156. The van der Waals surface area contributed by atoms with Gasteiger partial charge in [-0.1, -0.05) is 279 Å². The van der Waals surface area contributed by atoms with E-state index in [1.807, 2.05) is 69.2 Å². The second-order valence-electron chi connectivity index (χ2n) is 33.3. The number of carbonyl (C=O) groups excluding carboxylic acids is 2. The highest BCUT2D eigenvalue weighted by atomic mass is 32.9. The number of rotatable bonds is 83. The summed E-state index contributed by atoms with van der Waals surface area (Å²) in [4.78, 5) is 23.9. The van der Waals surface area contributed by atoms with Crippen molar-refractivity contribution in [1.82, 2.24) is 0 Å². The first-order chi connectivity index (χ1) is 58.5. The van der Waals surface area contributed by atoms with Gasteiger partial charge in [-0.3, -0.25) is 9.59 Å². The second-order valence-corrected chi connectivity index (χ2v) is 83.9. The summed E-state index contributed by atoms with van der Waals surface area (Å²) in [7, 11) is 1.36.